The van der Waals surface area contributed by atoms with Crippen molar-refractivity contribution in [3.05, 3.63) is 53.6 Å². The van der Waals surface area contributed by atoms with Crippen LogP contribution in [0, 0.1) is 6.92 Å². The fraction of sp³-hybridized carbons (Fsp3) is 0.222. The van der Waals surface area contributed by atoms with Crippen molar-refractivity contribution in [2.45, 2.75) is 13.8 Å². The molecule has 2 rings (SSSR count). The minimum Gasteiger partial charge on any atom is -0.490 e. The van der Waals surface area contributed by atoms with Crippen LogP contribution >= 0.6 is 0 Å². The van der Waals surface area contributed by atoms with Gasteiger partial charge in [-0.05, 0) is 43.7 Å². The van der Waals surface area contributed by atoms with E-state index in [4.69, 9.17) is 9.47 Å². The Morgan fingerprint density at radius 1 is 1.13 bits per heavy atom. The number of carbonyl (C=O) groups excluding carboxylic acids is 2. The Labute approximate surface area is 135 Å². The molecule has 1 N–H and O–H groups in total. The van der Waals surface area contributed by atoms with E-state index in [0.29, 0.717) is 23.7 Å². The van der Waals surface area contributed by atoms with Crippen LogP contribution in [0.5, 0.6) is 11.5 Å². The number of anilines is 1. The first kappa shape index (κ1) is 16.5. The van der Waals surface area contributed by atoms with Crippen LogP contribution in [0.1, 0.15) is 22.8 Å². The summed E-state index contributed by atoms with van der Waals surface area (Å²) in [5.74, 6) is 0.611. The highest BCUT2D eigenvalue weighted by Gasteiger charge is 2.10. The largest absolute Gasteiger partial charge is 0.490 e. The number of carbonyl (C=O) groups is 2. The zero-order chi connectivity index (χ0) is 16.7. The molecule has 0 aromatic heterocycles. The molecule has 0 fully saturated rings. The summed E-state index contributed by atoms with van der Waals surface area (Å²) in [6.07, 6.45) is 0.733. The third-order valence-corrected chi connectivity index (χ3v) is 3.18. The Morgan fingerprint density at radius 2 is 1.91 bits per heavy atom. The van der Waals surface area contributed by atoms with Crippen molar-refractivity contribution in [2.75, 3.05) is 18.5 Å². The van der Waals surface area contributed by atoms with Crippen molar-refractivity contribution in [3.8, 4) is 11.5 Å². The molecule has 0 aliphatic heterocycles. The summed E-state index contributed by atoms with van der Waals surface area (Å²) in [5.41, 5.74) is 2.22. The van der Waals surface area contributed by atoms with Gasteiger partial charge in [-0.15, -0.1) is 0 Å². The Bertz CT molecular complexity index is 697. The van der Waals surface area contributed by atoms with E-state index in [1.165, 1.54) is 0 Å². The quantitative estimate of drug-likeness (QED) is 0.797. The maximum Gasteiger partial charge on any atom is 0.262 e. The smallest absolute Gasteiger partial charge is 0.262 e. The van der Waals surface area contributed by atoms with E-state index in [1.807, 2.05) is 38.1 Å². The Morgan fingerprint density at radius 3 is 2.61 bits per heavy atom. The van der Waals surface area contributed by atoms with Gasteiger partial charge in [-0.2, -0.15) is 0 Å². The van der Waals surface area contributed by atoms with Crippen molar-refractivity contribution in [3.63, 3.8) is 0 Å². The van der Waals surface area contributed by atoms with Crippen LogP contribution in [0.4, 0.5) is 5.69 Å². The molecule has 0 radical (unpaired) electrons. The second-order valence-electron chi connectivity index (χ2n) is 4.91. The van der Waals surface area contributed by atoms with E-state index in [9.17, 15) is 9.59 Å². The van der Waals surface area contributed by atoms with Crippen LogP contribution in [0.25, 0.3) is 0 Å². The monoisotopic (exact) mass is 313 g/mol. The molecule has 2 aromatic rings. The van der Waals surface area contributed by atoms with Crippen LogP contribution in [0.15, 0.2) is 42.5 Å². The summed E-state index contributed by atoms with van der Waals surface area (Å²) in [7, 11) is 0. The standard InChI is InChI=1S/C18H19NO4/c1-3-22-17-10-14(11-20)8-9-16(17)23-12-18(21)19-15-7-5-4-6-13(15)2/h4-11H,3,12H2,1-2H3,(H,19,21). The molecule has 0 spiro atoms. The molecule has 0 bridgehead atoms. The second kappa shape index (κ2) is 7.98. The third kappa shape index (κ3) is 4.57. The lowest BCUT2D eigenvalue weighted by molar-refractivity contribution is -0.118. The number of hydrogen-bond donors (Lipinski definition) is 1. The van der Waals surface area contributed by atoms with Gasteiger partial charge in [0.2, 0.25) is 0 Å². The zero-order valence-electron chi connectivity index (χ0n) is 13.2. The molecule has 0 saturated heterocycles. The van der Waals surface area contributed by atoms with Crippen LogP contribution in [0.3, 0.4) is 0 Å². The normalized spacial score (nSPS) is 10.0. The fourth-order valence-electron chi connectivity index (χ4n) is 2.03. The number of benzene rings is 2. The van der Waals surface area contributed by atoms with E-state index >= 15 is 0 Å². The predicted molar refractivity (Wildman–Crippen MR) is 88.3 cm³/mol. The van der Waals surface area contributed by atoms with Crippen LogP contribution < -0.4 is 14.8 Å². The molecule has 23 heavy (non-hydrogen) atoms. The van der Waals surface area contributed by atoms with Gasteiger partial charge in [0.25, 0.3) is 5.91 Å². The summed E-state index contributed by atoms with van der Waals surface area (Å²) < 4.78 is 10.9. The summed E-state index contributed by atoms with van der Waals surface area (Å²) in [6, 6.07) is 12.3. The molecule has 0 aliphatic carbocycles. The number of nitrogens with one attached hydrogen (secondary N) is 1. The number of aryl methyl sites for hydroxylation is 1. The molecule has 5 heteroatoms. The average Bonchev–Trinajstić information content (AvgIpc) is 2.56. The van der Waals surface area contributed by atoms with Crippen molar-refractivity contribution >= 4 is 17.9 Å². The van der Waals surface area contributed by atoms with Crippen molar-refractivity contribution < 1.29 is 19.1 Å². The van der Waals surface area contributed by atoms with E-state index in [-0.39, 0.29) is 12.5 Å². The summed E-state index contributed by atoms with van der Waals surface area (Å²) in [4.78, 5) is 22.8. The molecule has 1 amide bonds. The molecule has 0 heterocycles. The molecule has 2 aromatic carbocycles. The van der Waals surface area contributed by atoms with Crippen molar-refractivity contribution in [1.82, 2.24) is 0 Å². The minimum atomic E-state index is -0.263. The maximum atomic E-state index is 12.0. The van der Waals surface area contributed by atoms with Gasteiger partial charge in [0.15, 0.2) is 18.1 Å². The highest BCUT2D eigenvalue weighted by atomic mass is 16.5. The minimum absolute atomic E-state index is 0.144. The van der Waals surface area contributed by atoms with Gasteiger partial charge in [0, 0.05) is 11.3 Å². The number of hydrogen-bond acceptors (Lipinski definition) is 4. The first-order chi connectivity index (χ1) is 11.1. The molecule has 0 aliphatic rings. The Kier molecular flexibility index (Phi) is 5.74. The molecular formula is C18H19NO4. The predicted octanol–water partition coefficient (Wildman–Crippen LogP) is 3.22. The highest BCUT2D eigenvalue weighted by Crippen LogP contribution is 2.28. The van der Waals surface area contributed by atoms with E-state index in [1.54, 1.807) is 18.2 Å². The summed E-state index contributed by atoms with van der Waals surface area (Å²) in [6.45, 7) is 4.05. The van der Waals surface area contributed by atoms with Gasteiger partial charge in [-0.25, -0.2) is 0 Å². The lowest BCUT2D eigenvalue weighted by Crippen LogP contribution is -2.20. The van der Waals surface area contributed by atoms with Gasteiger partial charge >= 0.3 is 0 Å². The fourth-order valence-corrected chi connectivity index (χ4v) is 2.03. The topological polar surface area (TPSA) is 64.6 Å². The molecule has 0 unspecified atom stereocenters. The van der Waals surface area contributed by atoms with Crippen LogP contribution in [-0.4, -0.2) is 25.4 Å². The first-order valence-electron chi connectivity index (χ1n) is 7.34. The third-order valence-electron chi connectivity index (χ3n) is 3.18. The first-order valence-corrected chi connectivity index (χ1v) is 7.34. The number of rotatable bonds is 7. The number of ether oxygens (including phenoxy) is 2. The molecule has 120 valence electrons. The molecule has 0 saturated carbocycles. The van der Waals surface area contributed by atoms with Gasteiger partial charge in [-0.3, -0.25) is 9.59 Å². The van der Waals surface area contributed by atoms with Gasteiger partial charge in [0.1, 0.15) is 6.29 Å². The van der Waals surface area contributed by atoms with Crippen molar-refractivity contribution in [1.29, 1.82) is 0 Å². The van der Waals surface area contributed by atoms with Gasteiger partial charge in [-0.1, -0.05) is 18.2 Å². The highest BCUT2D eigenvalue weighted by molar-refractivity contribution is 5.92. The van der Waals surface area contributed by atoms with E-state index < -0.39 is 0 Å². The Balaban J connectivity index is 2.01. The summed E-state index contributed by atoms with van der Waals surface area (Å²) in [5, 5.41) is 2.79. The zero-order valence-corrected chi connectivity index (χ0v) is 13.2. The van der Waals surface area contributed by atoms with Gasteiger partial charge in [0.05, 0.1) is 6.61 Å². The Hall–Kier alpha value is -2.82. The van der Waals surface area contributed by atoms with E-state index in [0.717, 1.165) is 17.5 Å². The molecular weight excluding hydrogens is 294 g/mol. The summed E-state index contributed by atoms with van der Waals surface area (Å²) >= 11 is 0. The number of para-hydroxylation sites is 1. The molecule has 0 atom stereocenters. The maximum absolute atomic E-state index is 12.0. The lowest BCUT2D eigenvalue weighted by Gasteiger charge is -2.13. The van der Waals surface area contributed by atoms with Crippen LogP contribution in [0.2, 0.25) is 0 Å². The SMILES string of the molecule is CCOc1cc(C=O)ccc1OCC(=O)Nc1ccccc1C. The number of amides is 1. The average molecular weight is 313 g/mol. The molecule has 5 nitrogen and oxygen atoms in total. The van der Waals surface area contributed by atoms with Gasteiger partial charge < -0.3 is 14.8 Å². The number of aldehydes is 1. The lowest BCUT2D eigenvalue weighted by atomic mass is 10.2. The van der Waals surface area contributed by atoms with E-state index in [2.05, 4.69) is 5.32 Å². The van der Waals surface area contributed by atoms with Crippen molar-refractivity contribution in [2.24, 2.45) is 0 Å². The second-order valence-corrected chi connectivity index (χ2v) is 4.91. The van der Waals surface area contributed by atoms with Crippen LogP contribution in [-0.2, 0) is 4.79 Å².